The van der Waals surface area contributed by atoms with Gasteiger partial charge in [0.2, 0.25) is 15.9 Å². The Hall–Kier alpha value is -2.75. The van der Waals surface area contributed by atoms with Crippen LogP contribution in [0, 0.1) is 13.8 Å². The van der Waals surface area contributed by atoms with Gasteiger partial charge in [-0.3, -0.25) is 9.59 Å². The second-order valence-corrected chi connectivity index (χ2v) is 11.2. The van der Waals surface area contributed by atoms with E-state index < -0.39 is 10.0 Å². The molecule has 2 aromatic rings. The van der Waals surface area contributed by atoms with E-state index in [0.29, 0.717) is 31.8 Å². The molecule has 0 radical (unpaired) electrons. The topological polar surface area (TPSA) is 96.0 Å². The van der Waals surface area contributed by atoms with Crippen LogP contribution in [0.5, 0.6) is 0 Å². The van der Waals surface area contributed by atoms with Crippen LogP contribution in [0.1, 0.15) is 47.2 Å². The van der Waals surface area contributed by atoms with Crippen LogP contribution in [0.25, 0.3) is 0 Å². The van der Waals surface area contributed by atoms with Crippen molar-refractivity contribution < 1.29 is 22.7 Å². The molecule has 4 rings (SSSR count). The third-order valence-corrected chi connectivity index (χ3v) is 8.67. The number of aryl methyl sites for hydroxylation is 1. The summed E-state index contributed by atoms with van der Waals surface area (Å²) in [5, 5.41) is 2.91. The largest absolute Gasteiger partial charge is 0.376 e. The number of nitrogens with zero attached hydrogens (tertiary/aromatic N) is 2. The average molecular weight is 500 g/mol. The number of nitrogens with one attached hydrogen (secondary N) is 1. The zero-order valence-electron chi connectivity index (χ0n) is 20.3. The maximum atomic E-state index is 13.4. The van der Waals surface area contributed by atoms with Crippen molar-refractivity contribution in [3.8, 4) is 0 Å². The summed E-state index contributed by atoms with van der Waals surface area (Å²) in [6.45, 7) is 5.78. The van der Waals surface area contributed by atoms with E-state index in [9.17, 15) is 18.0 Å². The average Bonchev–Trinajstić information content (AvgIpc) is 3.56. The van der Waals surface area contributed by atoms with Gasteiger partial charge in [0.25, 0.3) is 5.91 Å². The van der Waals surface area contributed by atoms with Gasteiger partial charge in [0.05, 0.1) is 11.0 Å². The summed E-state index contributed by atoms with van der Waals surface area (Å²) in [5.74, 6) is -0.625. The molecule has 0 aromatic heterocycles. The molecule has 2 aliphatic heterocycles. The lowest BCUT2D eigenvalue weighted by Crippen LogP contribution is -2.42. The van der Waals surface area contributed by atoms with Gasteiger partial charge in [0.1, 0.15) is 6.54 Å². The maximum absolute atomic E-state index is 13.4. The molecule has 1 N–H and O–H groups in total. The summed E-state index contributed by atoms with van der Waals surface area (Å²) in [4.78, 5) is 27.9. The van der Waals surface area contributed by atoms with Gasteiger partial charge in [-0.05, 0) is 81.0 Å². The number of sulfonamides is 1. The van der Waals surface area contributed by atoms with Crippen LogP contribution in [0.4, 0.5) is 5.69 Å². The normalized spacial score (nSPS) is 18.5. The minimum absolute atomic E-state index is 0.123. The lowest BCUT2D eigenvalue weighted by molar-refractivity contribution is -0.117. The summed E-state index contributed by atoms with van der Waals surface area (Å²) < 4.78 is 32.8. The minimum Gasteiger partial charge on any atom is -0.376 e. The number of hydrogen-bond donors (Lipinski definition) is 1. The third-order valence-electron chi connectivity index (χ3n) is 6.75. The van der Waals surface area contributed by atoms with Gasteiger partial charge in [-0.15, -0.1) is 0 Å². The van der Waals surface area contributed by atoms with Gasteiger partial charge in [-0.25, -0.2) is 8.42 Å². The maximum Gasteiger partial charge on any atom is 0.254 e. The molecule has 8 nitrogen and oxygen atoms in total. The molecular formula is C26H33N3O5S. The molecule has 2 aromatic carbocycles. The van der Waals surface area contributed by atoms with E-state index in [-0.39, 0.29) is 29.4 Å². The van der Waals surface area contributed by atoms with Crippen molar-refractivity contribution in [2.24, 2.45) is 0 Å². The van der Waals surface area contributed by atoms with Gasteiger partial charge < -0.3 is 15.0 Å². The molecule has 1 unspecified atom stereocenters. The fraction of sp³-hybridized carbons (Fsp3) is 0.462. The van der Waals surface area contributed by atoms with Crippen LogP contribution in [0.15, 0.2) is 47.4 Å². The first kappa shape index (κ1) is 25.3. The van der Waals surface area contributed by atoms with Crippen LogP contribution >= 0.6 is 0 Å². The second-order valence-electron chi connectivity index (χ2n) is 9.25. The minimum atomic E-state index is -3.56. The molecule has 0 bridgehead atoms. The molecule has 0 saturated carbocycles. The van der Waals surface area contributed by atoms with Crippen LogP contribution in [0.3, 0.4) is 0 Å². The summed E-state index contributed by atoms with van der Waals surface area (Å²) in [5.41, 5.74) is 3.10. The Labute approximate surface area is 207 Å². The first-order valence-corrected chi connectivity index (χ1v) is 13.6. The standard InChI is InChI=1S/C26H33N3O5S/c1-19-7-5-9-24(20(19)2)27-25(30)18-28(17-22-8-6-16-34-22)26(31)21-10-12-23(13-11-21)35(32,33)29-14-3-4-15-29/h5,7,9-13,22H,3-4,6,8,14-18H2,1-2H3,(H,27,30). The predicted octanol–water partition coefficient (Wildman–Crippen LogP) is 3.35. The van der Waals surface area contributed by atoms with Crippen molar-refractivity contribution in [2.75, 3.05) is 38.1 Å². The fourth-order valence-corrected chi connectivity index (χ4v) is 6.05. The molecule has 2 fully saturated rings. The molecular weight excluding hydrogens is 466 g/mol. The van der Waals surface area contributed by atoms with Crippen molar-refractivity contribution in [3.05, 3.63) is 59.2 Å². The SMILES string of the molecule is Cc1cccc(NC(=O)CN(CC2CCCO2)C(=O)c2ccc(S(=O)(=O)N3CCCC3)cc2)c1C. The first-order valence-electron chi connectivity index (χ1n) is 12.1. The lowest BCUT2D eigenvalue weighted by atomic mass is 10.1. The number of benzene rings is 2. The van der Waals surface area contributed by atoms with Gasteiger partial charge in [-0.2, -0.15) is 4.31 Å². The van der Waals surface area contributed by atoms with Crippen molar-refractivity contribution in [1.82, 2.24) is 9.21 Å². The summed E-state index contributed by atoms with van der Waals surface area (Å²) in [6, 6.07) is 11.7. The molecule has 1 atom stereocenters. The van der Waals surface area contributed by atoms with E-state index in [1.54, 1.807) is 0 Å². The van der Waals surface area contributed by atoms with Gasteiger partial charge in [0, 0.05) is 37.5 Å². The highest BCUT2D eigenvalue weighted by molar-refractivity contribution is 7.89. The Morgan fingerprint density at radius 3 is 2.43 bits per heavy atom. The number of rotatable bonds is 8. The Morgan fingerprint density at radius 2 is 1.77 bits per heavy atom. The Kier molecular flexibility index (Phi) is 7.88. The molecule has 2 amide bonds. The summed E-state index contributed by atoms with van der Waals surface area (Å²) >= 11 is 0. The number of carbonyl (C=O) groups excluding carboxylic acids is 2. The first-order chi connectivity index (χ1) is 16.8. The Morgan fingerprint density at radius 1 is 1.06 bits per heavy atom. The number of hydrogen-bond acceptors (Lipinski definition) is 5. The molecule has 188 valence electrons. The molecule has 9 heteroatoms. The number of ether oxygens (including phenoxy) is 1. The lowest BCUT2D eigenvalue weighted by Gasteiger charge is -2.25. The highest BCUT2D eigenvalue weighted by Gasteiger charge is 2.29. The van der Waals surface area contributed by atoms with Gasteiger partial charge in [0.15, 0.2) is 0 Å². The highest BCUT2D eigenvalue weighted by Crippen LogP contribution is 2.22. The van der Waals surface area contributed by atoms with Gasteiger partial charge in [-0.1, -0.05) is 12.1 Å². The molecule has 0 spiro atoms. The number of anilines is 1. The van der Waals surface area contributed by atoms with E-state index in [1.807, 2.05) is 32.0 Å². The van der Waals surface area contributed by atoms with Crippen molar-refractivity contribution >= 4 is 27.5 Å². The van der Waals surface area contributed by atoms with E-state index in [1.165, 1.54) is 33.5 Å². The van der Waals surface area contributed by atoms with Crippen molar-refractivity contribution in [3.63, 3.8) is 0 Å². The van der Waals surface area contributed by atoms with Crippen LogP contribution < -0.4 is 5.32 Å². The Bertz CT molecular complexity index is 1170. The van der Waals surface area contributed by atoms with Gasteiger partial charge >= 0.3 is 0 Å². The molecule has 2 heterocycles. The second kappa shape index (κ2) is 10.9. The van der Waals surface area contributed by atoms with E-state index in [2.05, 4.69) is 5.32 Å². The fourth-order valence-electron chi connectivity index (χ4n) is 4.53. The van der Waals surface area contributed by atoms with E-state index in [0.717, 1.165) is 42.5 Å². The van der Waals surface area contributed by atoms with Crippen LogP contribution in [-0.4, -0.2) is 68.3 Å². The van der Waals surface area contributed by atoms with Crippen molar-refractivity contribution in [2.45, 2.75) is 50.5 Å². The van der Waals surface area contributed by atoms with E-state index >= 15 is 0 Å². The van der Waals surface area contributed by atoms with Crippen LogP contribution in [-0.2, 0) is 19.6 Å². The molecule has 35 heavy (non-hydrogen) atoms. The van der Waals surface area contributed by atoms with E-state index in [4.69, 9.17) is 4.74 Å². The zero-order chi connectivity index (χ0) is 25.0. The predicted molar refractivity (Wildman–Crippen MR) is 134 cm³/mol. The highest BCUT2D eigenvalue weighted by atomic mass is 32.2. The quantitative estimate of drug-likeness (QED) is 0.601. The number of carbonyl (C=O) groups is 2. The number of amides is 2. The summed E-state index contributed by atoms with van der Waals surface area (Å²) in [6.07, 6.45) is 3.35. The Balaban J connectivity index is 1.50. The molecule has 2 saturated heterocycles. The van der Waals surface area contributed by atoms with Crippen LogP contribution in [0.2, 0.25) is 0 Å². The molecule has 0 aliphatic carbocycles. The molecule has 2 aliphatic rings. The monoisotopic (exact) mass is 499 g/mol. The third kappa shape index (κ3) is 5.91. The van der Waals surface area contributed by atoms with Crippen molar-refractivity contribution in [1.29, 1.82) is 0 Å². The smallest absolute Gasteiger partial charge is 0.254 e. The zero-order valence-corrected chi connectivity index (χ0v) is 21.1. The summed E-state index contributed by atoms with van der Waals surface area (Å²) in [7, 11) is -3.56.